The monoisotopic (exact) mass is 294 g/mol. The van der Waals surface area contributed by atoms with Crippen molar-refractivity contribution in [3.63, 3.8) is 0 Å². The highest BCUT2D eigenvalue weighted by Crippen LogP contribution is 2.18. The van der Waals surface area contributed by atoms with E-state index in [0.29, 0.717) is 17.3 Å². The van der Waals surface area contributed by atoms with Crippen LogP contribution in [0.4, 0.5) is 10.1 Å². The molecule has 0 unspecified atom stereocenters. The minimum Gasteiger partial charge on any atom is -0.389 e. The van der Waals surface area contributed by atoms with Crippen molar-refractivity contribution < 1.29 is 4.39 Å². The number of hydrogen-bond donors (Lipinski definition) is 2. The fraction of sp³-hybridized carbons (Fsp3) is 0.0714. The van der Waals surface area contributed by atoms with E-state index in [1.165, 1.54) is 6.07 Å². The summed E-state index contributed by atoms with van der Waals surface area (Å²) in [6.45, 7) is 0.519. The van der Waals surface area contributed by atoms with E-state index in [9.17, 15) is 4.39 Å². The van der Waals surface area contributed by atoms with Crippen LogP contribution < -0.4 is 11.1 Å². The van der Waals surface area contributed by atoms with Gasteiger partial charge in [0.25, 0.3) is 0 Å². The summed E-state index contributed by atoms with van der Waals surface area (Å²) in [6, 6.07) is 12.2. The van der Waals surface area contributed by atoms with Gasteiger partial charge in [0.1, 0.15) is 10.8 Å². The van der Waals surface area contributed by atoms with E-state index in [-0.39, 0.29) is 10.6 Å². The number of anilines is 1. The van der Waals surface area contributed by atoms with Gasteiger partial charge in [-0.1, -0.05) is 42.0 Å². The first kappa shape index (κ1) is 13.8. The molecule has 98 valence electrons. The average molecular weight is 295 g/mol. The molecule has 0 bridgehead atoms. The largest absolute Gasteiger partial charge is 0.389 e. The lowest BCUT2D eigenvalue weighted by atomic mass is 10.1. The fourth-order valence-corrected chi connectivity index (χ4v) is 2.03. The van der Waals surface area contributed by atoms with Crippen LogP contribution in [0.5, 0.6) is 0 Å². The summed E-state index contributed by atoms with van der Waals surface area (Å²) in [6.07, 6.45) is 0. The number of hydrogen-bond acceptors (Lipinski definition) is 2. The van der Waals surface area contributed by atoms with Crippen molar-refractivity contribution in [1.29, 1.82) is 0 Å². The van der Waals surface area contributed by atoms with Gasteiger partial charge < -0.3 is 11.1 Å². The van der Waals surface area contributed by atoms with Crippen molar-refractivity contribution in [2.75, 3.05) is 5.32 Å². The maximum atomic E-state index is 13.7. The number of nitrogens with two attached hydrogens (primary N) is 1. The number of benzene rings is 2. The van der Waals surface area contributed by atoms with Crippen molar-refractivity contribution in [3.05, 3.63) is 64.4 Å². The lowest BCUT2D eigenvalue weighted by Gasteiger charge is -2.09. The van der Waals surface area contributed by atoms with E-state index in [2.05, 4.69) is 5.32 Å². The quantitative estimate of drug-likeness (QED) is 0.844. The van der Waals surface area contributed by atoms with Gasteiger partial charge in [0.15, 0.2) is 0 Å². The third kappa shape index (κ3) is 3.43. The molecule has 0 saturated heterocycles. The van der Waals surface area contributed by atoms with Crippen molar-refractivity contribution in [3.8, 4) is 0 Å². The van der Waals surface area contributed by atoms with Crippen LogP contribution in [0.1, 0.15) is 11.1 Å². The Balaban J connectivity index is 2.11. The molecule has 0 fully saturated rings. The normalized spacial score (nSPS) is 10.2. The lowest BCUT2D eigenvalue weighted by Crippen LogP contribution is -2.12. The van der Waals surface area contributed by atoms with E-state index >= 15 is 0 Å². The first-order chi connectivity index (χ1) is 9.08. The second kappa shape index (κ2) is 5.99. The zero-order valence-electron chi connectivity index (χ0n) is 9.99. The highest BCUT2D eigenvalue weighted by molar-refractivity contribution is 7.80. The summed E-state index contributed by atoms with van der Waals surface area (Å²) in [5.41, 5.74) is 7.25. The third-order valence-corrected chi connectivity index (χ3v) is 3.26. The van der Waals surface area contributed by atoms with Crippen LogP contribution in [0.15, 0.2) is 42.5 Å². The molecule has 0 heterocycles. The summed E-state index contributed by atoms with van der Waals surface area (Å²) in [4.78, 5) is 0.0511. The predicted octanol–water partition coefficient (Wildman–Crippen LogP) is 3.73. The van der Waals surface area contributed by atoms with Gasteiger partial charge >= 0.3 is 0 Å². The van der Waals surface area contributed by atoms with Crippen molar-refractivity contribution in [2.45, 2.75) is 6.54 Å². The molecule has 0 spiro atoms. The highest BCUT2D eigenvalue weighted by atomic mass is 35.5. The molecule has 0 aromatic heterocycles. The fourth-order valence-electron chi connectivity index (χ4n) is 1.66. The van der Waals surface area contributed by atoms with Crippen LogP contribution in [0.3, 0.4) is 0 Å². The summed E-state index contributed by atoms with van der Waals surface area (Å²) < 4.78 is 13.7. The van der Waals surface area contributed by atoms with Gasteiger partial charge in [-0.25, -0.2) is 4.39 Å². The molecule has 3 N–H and O–H groups in total. The maximum absolute atomic E-state index is 13.7. The minimum atomic E-state index is -0.434. The molecule has 0 aliphatic heterocycles. The number of halogens is 2. The topological polar surface area (TPSA) is 38.0 Å². The van der Waals surface area contributed by atoms with Crippen LogP contribution in [0.25, 0.3) is 0 Å². The zero-order valence-corrected chi connectivity index (χ0v) is 11.6. The SMILES string of the molecule is NC(=S)c1ccc(NCc2ccccc2Cl)cc1F. The highest BCUT2D eigenvalue weighted by Gasteiger charge is 2.06. The van der Waals surface area contributed by atoms with E-state index < -0.39 is 5.82 Å². The van der Waals surface area contributed by atoms with Gasteiger partial charge in [0, 0.05) is 22.8 Å². The molecule has 0 aliphatic carbocycles. The zero-order chi connectivity index (χ0) is 13.8. The standard InChI is InChI=1S/C14H12ClFN2S/c15-12-4-2-1-3-9(12)8-18-10-5-6-11(14(17)19)13(16)7-10/h1-7,18H,8H2,(H2,17,19). The summed E-state index contributed by atoms with van der Waals surface area (Å²) in [7, 11) is 0. The Labute approximate surface area is 121 Å². The van der Waals surface area contributed by atoms with Crippen LogP contribution in [0.2, 0.25) is 5.02 Å². The summed E-state index contributed by atoms with van der Waals surface area (Å²) >= 11 is 10.8. The third-order valence-electron chi connectivity index (χ3n) is 2.68. The van der Waals surface area contributed by atoms with E-state index in [1.54, 1.807) is 12.1 Å². The van der Waals surface area contributed by atoms with Crippen LogP contribution >= 0.6 is 23.8 Å². The summed E-state index contributed by atoms with van der Waals surface area (Å²) in [5.74, 6) is -0.434. The number of nitrogens with one attached hydrogen (secondary N) is 1. The molecule has 19 heavy (non-hydrogen) atoms. The smallest absolute Gasteiger partial charge is 0.135 e. The Bertz CT molecular complexity index is 616. The van der Waals surface area contributed by atoms with Gasteiger partial charge in [-0.2, -0.15) is 0 Å². The molecule has 0 radical (unpaired) electrons. The van der Waals surface area contributed by atoms with E-state index in [4.69, 9.17) is 29.6 Å². The molecule has 5 heteroatoms. The molecule has 0 atom stereocenters. The number of thiocarbonyl (C=S) groups is 1. The van der Waals surface area contributed by atoms with Crippen molar-refractivity contribution in [2.24, 2.45) is 5.73 Å². The van der Waals surface area contributed by atoms with Crippen LogP contribution in [-0.4, -0.2) is 4.99 Å². The first-order valence-electron chi connectivity index (χ1n) is 5.64. The Morgan fingerprint density at radius 1 is 1.26 bits per heavy atom. The second-order valence-corrected chi connectivity index (χ2v) is 4.85. The molecule has 0 aliphatic rings. The Morgan fingerprint density at radius 2 is 2.00 bits per heavy atom. The molecule has 0 amide bonds. The van der Waals surface area contributed by atoms with Crippen LogP contribution in [0, 0.1) is 5.82 Å². The minimum absolute atomic E-state index is 0.0511. The lowest BCUT2D eigenvalue weighted by molar-refractivity contribution is 0.626. The van der Waals surface area contributed by atoms with Gasteiger partial charge in [-0.3, -0.25) is 0 Å². The van der Waals surface area contributed by atoms with E-state index in [1.807, 2.05) is 24.3 Å². The molecule has 2 aromatic rings. The van der Waals surface area contributed by atoms with Crippen LogP contribution in [-0.2, 0) is 6.54 Å². The molecular weight excluding hydrogens is 283 g/mol. The maximum Gasteiger partial charge on any atom is 0.135 e. The predicted molar refractivity (Wildman–Crippen MR) is 81.1 cm³/mol. The second-order valence-electron chi connectivity index (χ2n) is 4.00. The van der Waals surface area contributed by atoms with Gasteiger partial charge in [-0.05, 0) is 29.8 Å². The summed E-state index contributed by atoms with van der Waals surface area (Å²) in [5, 5.41) is 3.78. The molecule has 2 nitrogen and oxygen atoms in total. The molecule has 2 rings (SSSR count). The molecule has 2 aromatic carbocycles. The van der Waals surface area contributed by atoms with Gasteiger partial charge in [0.2, 0.25) is 0 Å². The number of rotatable bonds is 4. The van der Waals surface area contributed by atoms with Gasteiger partial charge in [-0.15, -0.1) is 0 Å². The van der Waals surface area contributed by atoms with E-state index in [0.717, 1.165) is 5.56 Å². The molecule has 0 saturated carbocycles. The first-order valence-corrected chi connectivity index (χ1v) is 6.43. The average Bonchev–Trinajstić information content (AvgIpc) is 2.37. The molecular formula is C14H12ClFN2S. The Kier molecular flexibility index (Phi) is 4.35. The van der Waals surface area contributed by atoms with Gasteiger partial charge in [0.05, 0.1) is 0 Å². The van der Waals surface area contributed by atoms with Crippen molar-refractivity contribution >= 4 is 34.5 Å². The Hall–Kier alpha value is -1.65. The Morgan fingerprint density at radius 3 is 2.63 bits per heavy atom. The van der Waals surface area contributed by atoms with Crippen molar-refractivity contribution in [1.82, 2.24) is 0 Å².